The first-order chi connectivity index (χ1) is 13.1. The largest absolute Gasteiger partial charge is 0.508 e. The average Bonchev–Trinajstić information content (AvgIpc) is 2.65. The zero-order chi connectivity index (χ0) is 20.8. The van der Waals surface area contributed by atoms with Gasteiger partial charge in [0.2, 0.25) is 0 Å². The van der Waals surface area contributed by atoms with Crippen molar-refractivity contribution in [2.75, 3.05) is 0 Å². The summed E-state index contributed by atoms with van der Waals surface area (Å²) in [5, 5.41) is 20.7. The smallest absolute Gasteiger partial charge is 0.119 e. The topological polar surface area (TPSA) is 40.5 Å². The van der Waals surface area contributed by atoms with Gasteiger partial charge in [-0.05, 0) is 111 Å². The summed E-state index contributed by atoms with van der Waals surface area (Å²) < 4.78 is 0. The standard InChI is InChI=1S/C26H30O2/c1-15-13-22(27)17(3)19(5)24(15)26(7,21-11-9-8-10-12-21)25-16(2)14-23(28)18(4)20(25)6/h8-14,27-28H,1-7H3. The van der Waals surface area contributed by atoms with Crippen molar-refractivity contribution in [2.45, 2.75) is 53.9 Å². The molecule has 0 heterocycles. The quantitative estimate of drug-likeness (QED) is 0.528. The van der Waals surface area contributed by atoms with Crippen LogP contribution in [0.15, 0.2) is 42.5 Å². The zero-order valence-corrected chi connectivity index (χ0v) is 17.9. The molecule has 0 atom stereocenters. The zero-order valence-electron chi connectivity index (χ0n) is 17.9. The summed E-state index contributed by atoms with van der Waals surface area (Å²) in [6.45, 7) is 14.5. The predicted molar refractivity (Wildman–Crippen MR) is 117 cm³/mol. The lowest BCUT2D eigenvalue weighted by atomic mass is 9.65. The van der Waals surface area contributed by atoms with E-state index in [4.69, 9.17) is 0 Å². The monoisotopic (exact) mass is 374 g/mol. The number of phenols is 2. The number of aryl methyl sites for hydroxylation is 2. The molecule has 0 aliphatic rings. The number of aromatic hydroxyl groups is 2. The first-order valence-corrected chi connectivity index (χ1v) is 9.76. The lowest BCUT2D eigenvalue weighted by Gasteiger charge is -2.38. The van der Waals surface area contributed by atoms with E-state index in [0.29, 0.717) is 11.5 Å². The fourth-order valence-electron chi connectivity index (χ4n) is 4.85. The average molecular weight is 375 g/mol. The van der Waals surface area contributed by atoms with Crippen molar-refractivity contribution in [1.82, 2.24) is 0 Å². The van der Waals surface area contributed by atoms with Crippen LogP contribution in [0.4, 0.5) is 0 Å². The molecule has 3 rings (SSSR count). The van der Waals surface area contributed by atoms with E-state index in [2.05, 4.69) is 58.9 Å². The molecule has 2 N–H and O–H groups in total. The van der Waals surface area contributed by atoms with E-state index in [0.717, 1.165) is 33.4 Å². The minimum absolute atomic E-state index is 0.337. The minimum Gasteiger partial charge on any atom is -0.508 e. The summed E-state index contributed by atoms with van der Waals surface area (Å²) in [6, 6.07) is 14.3. The van der Waals surface area contributed by atoms with E-state index in [9.17, 15) is 10.2 Å². The van der Waals surface area contributed by atoms with Gasteiger partial charge in [-0.1, -0.05) is 30.3 Å². The van der Waals surface area contributed by atoms with Gasteiger partial charge in [0.15, 0.2) is 0 Å². The van der Waals surface area contributed by atoms with Crippen LogP contribution >= 0.6 is 0 Å². The van der Waals surface area contributed by atoms with Crippen LogP contribution < -0.4 is 0 Å². The van der Waals surface area contributed by atoms with Crippen LogP contribution in [0.2, 0.25) is 0 Å². The molecule has 0 unspecified atom stereocenters. The number of phenolic OH excluding ortho intramolecular Hbond substituents is 2. The van der Waals surface area contributed by atoms with Gasteiger partial charge in [-0.2, -0.15) is 0 Å². The maximum Gasteiger partial charge on any atom is 0.119 e. The molecule has 0 spiro atoms. The van der Waals surface area contributed by atoms with Gasteiger partial charge in [0.05, 0.1) is 0 Å². The van der Waals surface area contributed by atoms with Crippen LogP contribution in [0.25, 0.3) is 0 Å². The Balaban J connectivity index is 2.52. The Labute approximate surface area is 168 Å². The van der Waals surface area contributed by atoms with Crippen molar-refractivity contribution in [3.05, 3.63) is 92.5 Å². The number of rotatable bonds is 3. The molecule has 0 fully saturated rings. The van der Waals surface area contributed by atoms with Crippen LogP contribution in [-0.2, 0) is 5.41 Å². The molecule has 0 bridgehead atoms. The molecule has 0 saturated carbocycles. The summed E-state index contributed by atoms with van der Waals surface area (Å²) in [5.74, 6) is 0.675. The van der Waals surface area contributed by atoms with E-state index in [1.807, 2.05) is 32.0 Å². The highest BCUT2D eigenvalue weighted by molar-refractivity contribution is 5.63. The fourth-order valence-corrected chi connectivity index (χ4v) is 4.85. The summed E-state index contributed by atoms with van der Waals surface area (Å²) in [6.07, 6.45) is 0. The Kier molecular flexibility index (Phi) is 5.01. The van der Waals surface area contributed by atoms with Gasteiger partial charge in [0.1, 0.15) is 11.5 Å². The molecule has 28 heavy (non-hydrogen) atoms. The van der Waals surface area contributed by atoms with Crippen molar-refractivity contribution in [1.29, 1.82) is 0 Å². The van der Waals surface area contributed by atoms with Gasteiger partial charge in [-0.3, -0.25) is 0 Å². The Morgan fingerprint density at radius 2 is 1.00 bits per heavy atom. The molecule has 2 heteroatoms. The lowest BCUT2D eigenvalue weighted by molar-refractivity contribution is 0.468. The fraction of sp³-hybridized carbons (Fsp3) is 0.308. The first kappa shape index (κ1) is 20.0. The second kappa shape index (κ2) is 7.01. The predicted octanol–water partition coefficient (Wildman–Crippen LogP) is 6.30. The molecule has 0 aromatic heterocycles. The first-order valence-electron chi connectivity index (χ1n) is 9.76. The molecule has 0 aliphatic heterocycles. The molecule has 3 aromatic rings. The molecule has 0 aliphatic carbocycles. The van der Waals surface area contributed by atoms with Gasteiger partial charge < -0.3 is 10.2 Å². The highest BCUT2D eigenvalue weighted by atomic mass is 16.3. The molecule has 2 nitrogen and oxygen atoms in total. The van der Waals surface area contributed by atoms with E-state index in [1.54, 1.807) is 0 Å². The summed E-state index contributed by atoms with van der Waals surface area (Å²) in [5.41, 5.74) is 9.37. The molecular weight excluding hydrogens is 344 g/mol. The molecular formula is C26H30O2. The molecule has 0 saturated heterocycles. The summed E-state index contributed by atoms with van der Waals surface area (Å²) in [4.78, 5) is 0. The Morgan fingerprint density at radius 3 is 1.39 bits per heavy atom. The Bertz CT molecular complexity index is 983. The van der Waals surface area contributed by atoms with E-state index >= 15 is 0 Å². The van der Waals surface area contributed by atoms with Gasteiger partial charge in [-0.15, -0.1) is 0 Å². The van der Waals surface area contributed by atoms with Gasteiger partial charge in [-0.25, -0.2) is 0 Å². The van der Waals surface area contributed by atoms with Gasteiger partial charge in [0.25, 0.3) is 0 Å². The third kappa shape index (κ3) is 2.88. The summed E-state index contributed by atoms with van der Waals surface area (Å²) in [7, 11) is 0. The minimum atomic E-state index is -0.416. The normalized spacial score (nSPS) is 11.7. The van der Waals surface area contributed by atoms with Crippen LogP contribution in [-0.4, -0.2) is 10.2 Å². The Hall–Kier alpha value is -2.74. The third-order valence-electron chi connectivity index (χ3n) is 6.49. The molecule has 3 aromatic carbocycles. The second-order valence-electron chi connectivity index (χ2n) is 8.17. The van der Waals surface area contributed by atoms with Crippen molar-refractivity contribution >= 4 is 0 Å². The highest BCUT2D eigenvalue weighted by Crippen LogP contribution is 2.47. The number of hydrogen-bond donors (Lipinski definition) is 2. The van der Waals surface area contributed by atoms with Crippen LogP contribution in [0.5, 0.6) is 11.5 Å². The van der Waals surface area contributed by atoms with Crippen molar-refractivity contribution in [3.63, 3.8) is 0 Å². The maximum absolute atomic E-state index is 10.4. The maximum atomic E-state index is 10.4. The van der Waals surface area contributed by atoms with Crippen molar-refractivity contribution < 1.29 is 10.2 Å². The molecule has 146 valence electrons. The third-order valence-corrected chi connectivity index (χ3v) is 6.49. The summed E-state index contributed by atoms with van der Waals surface area (Å²) >= 11 is 0. The van der Waals surface area contributed by atoms with Crippen LogP contribution in [0.3, 0.4) is 0 Å². The van der Waals surface area contributed by atoms with Gasteiger partial charge >= 0.3 is 0 Å². The lowest BCUT2D eigenvalue weighted by Crippen LogP contribution is -2.30. The molecule has 0 amide bonds. The SMILES string of the molecule is Cc1cc(O)c(C)c(C)c1C(C)(c1ccccc1)c1c(C)cc(O)c(C)c1C. The number of benzene rings is 3. The van der Waals surface area contributed by atoms with Crippen LogP contribution in [0, 0.1) is 41.5 Å². The van der Waals surface area contributed by atoms with Crippen LogP contribution in [0.1, 0.15) is 57.0 Å². The van der Waals surface area contributed by atoms with Crippen molar-refractivity contribution in [3.8, 4) is 11.5 Å². The number of hydrogen-bond acceptors (Lipinski definition) is 2. The van der Waals surface area contributed by atoms with E-state index < -0.39 is 5.41 Å². The van der Waals surface area contributed by atoms with E-state index in [-0.39, 0.29) is 0 Å². The van der Waals surface area contributed by atoms with E-state index in [1.165, 1.54) is 16.7 Å². The Morgan fingerprint density at radius 1 is 0.607 bits per heavy atom. The highest BCUT2D eigenvalue weighted by Gasteiger charge is 2.37. The molecule has 0 radical (unpaired) electrons. The van der Waals surface area contributed by atoms with Crippen molar-refractivity contribution in [2.24, 2.45) is 0 Å². The van der Waals surface area contributed by atoms with Gasteiger partial charge in [0, 0.05) is 5.41 Å². The second-order valence-corrected chi connectivity index (χ2v) is 8.17.